The minimum Gasteiger partial charge on any atom is -0.497 e. The summed E-state index contributed by atoms with van der Waals surface area (Å²) in [5.74, 6) is 0.609. The number of nitrogens with one attached hydrogen (secondary N) is 1. The SMILES string of the molecule is COc1cccc(-c2cc3c(=O)n(CC(=O)NC4CCCCC4)ccn3n2)c1. The first-order chi connectivity index (χ1) is 13.6. The summed E-state index contributed by atoms with van der Waals surface area (Å²) in [7, 11) is 1.61. The fourth-order valence-corrected chi connectivity index (χ4v) is 3.75. The van der Waals surface area contributed by atoms with Crippen LogP contribution in [0, 0.1) is 0 Å². The van der Waals surface area contributed by atoms with Crippen molar-refractivity contribution >= 4 is 11.4 Å². The number of hydrogen-bond acceptors (Lipinski definition) is 4. The van der Waals surface area contributed by atoms with Gasteiger partial charge in [0.1, 0.15) is 17.8 Å². The van der Waals surface area contributed by atoms with Gasteiger partial charge >= 0.3 is 0 Å². The first-order valence-corrected chi connectivity index (χ1v) is 9.66. The molecule has 28 heavy (non-hydrogen) atoms. The molecule has 0 aliphatic heterocycles. The Kier molecular flexibility index (Phi) is 5.14. The molecule has 0 radical (unpaired) electrons. The molecule has 146 valence electrons. The molecule has 1 saturated carbocycles. The Morgan fingerprint density at radius 1 is 1.21 bits per heavy atom. The second kappa shape index (κ2) is 7.88. The van der Waals surface area contributed by atoms with Gasteiger partial charge in [0.2, 0.25) is 5.91 Å². The highest BCUT2D eigenvalue weighted by atomic mass is 16.5. The first kappa shape index (κ1) is 18.3. The predicted molar refractivity (Wildman–Crippen MR) is 106 cm³/mol. The molecular weight excluding hydrogens is 356 g/mol. The Hall–Kier alpha value is -3.09. The van der Waals surface area contributed by atoms with Gasteiger partial charge in [0.15, 0.2) is 0 Å². The van der Waals surface area contributed by atoms with Gasteiger partial charge in [0.25, 0.3) is 5.56 Å². The minimum absolute atomic E-state index is 0.0194. The second-order valence-corrected chi connectivity index (χ2v) is 7.22. The van der Waals surface area contributed by atoms with Crippen LogP contribution in [0.1, 0.15) is 32.1 Å². The molecule has 0 saturated heterocycles. The molecule has 0 unspecified atom stereocenters. The summed E-state index contributed by atoms with van der Waals surface area (Å²) in [5.41, 5.74) is 1.75. The van der Waals surface area contributed by atoms with Crippen molar-refractivity contribution in [3.8, 4) is 17.0 Å². The normalized spacial score (nSPS) is 14.9. The molecule has 1 N–H and O–H groups in total. The molecule has 1 aliphatic rings. The lowest BCUT2D eigenvalue weighted by Gasteiger charge is -2.22. The lowest BCUT2D eigenvalue weighted by Crippen LogP contribution is -2.39. The van der Waals surface area contributed by atoms with Gasteiger partial charge in [0.05, 0.1) is 12.8 Å². The summed E-state index contributed by atoms with van der Waals surface area (Å²) in [6.07, 6.45) is 8.89. The lowest BCUT2D eigenvalue weighted by atomic mass is 9.95. The van der Waals surface area contributed by atoms with Crippen LogP contribution in [0.15, 0.2) is 47.5 Å². The number of benzene rings is 1. The number of rotatable bonds is 5. The summed E-state index contributed by atoms with van der Waals surface area (Å²) in [5, 5.41) is 7.53. The number of nitrogens with zero attached hydrogens (tertiary/aromatic N) is 3. The second-order valence-electron chi connectivity index (χ2n) is 7.22. The van der Waals surface area contributed by atoms with Crippen LogP contribution in [0.5, 0.6) is 5.75 Å². The molecule has 1 aromatic carbocycles. The van der Waals surface area contributed by atoms with E-state index in [0.29, 0.717) is 11.2 Å². The minimum atomic E-state index is -0.233. The fraction of sp³-hybridized carbons (Fsp3) is 0.381. The summed E-state index contributed by atoms with van der Waals surface area (Å²) in [6, 6.07) is 9.50. The zero-order valence-electron chi connectivity index (χ0n) is 15.9. The van der Waals surface area contributed by atoms with Crippen molar-refractivity contribution in [3.05, 3.63) is 53.1 Å². The summed E-state index contributed by atoms with van der Waals surface area (Å²) >= 11 is 0. The van der Waals surface area contributed by atoms with Crippen LogP contribution in [-0.4, -0.2) is 33.2 Å². The van der Waals surface area contributed by atoms with E-state index in [0.717, 1.165) is 37.0 Å². The third kappa shape index (κ3) is 3.78. The van der Waals surface area contributed by atoms with E-state index in [9.17, 15) is 9.59 Å². The molecule has 0 bridgehead atoms. The topological polar surface area (TPSA) is 77.6 Å². The summed E-state index contributed by atoms with van der Waals surface area (Å²) in [6.45, 7) is 0.0194. The van der Waals surface area contributed by atoms with Gasteiger partial charge in [-0.25, -0.2) is 4.52 Å². The van der Waals surface area contributed by atoms with Crippen LogP contribution >= 0.6 is 0 Å². The quantitative estimate of drug-likeness (QED) is 0.738. The number of hydrogen-bond donors (Lipinski definition) is 1. The maximum Gasteiger partial charge on any atom is 0.277 e. The summed E-state index contributed by atoms with van der Waals surface area (Å²) < 4.78 is 8.24. The smallest absolute Gasteiger partial charge is 0.277 e. The first-order valence-electron chi connectivity index (χ1n) is 9.66. The average Bonchev–Trinajstić information content (AvgIpc) is 3.16. The van der Waals surface area contributed by atoms with E-state index in [2.05, 4.69) is 10.4 Å². The van der Waals surface area contributed by atoms with Crippen LogP contribution in [0.2, 0.25) is 0 Å². The number of carbonyl (C=O) groups is 1. The standard InChI is InChI=1S/C21H24N4O3/c1-28-17-9-5-6-15(12-17)18-13-19-21(27)24(10-11-25(19)23-18)14-20(26)22-16-7-3-2-4-8-16/h5-6,9-13,16H,2-4,7-8,14H2,1H3,(H,22,26). The monoisotopic (exact) mass is 380 g/mol. The van der Waals surface area contributed by atoms with Crippen molar-refractivity contribution in [2.45, 2.75) is 44.7 Å². The third-order valence-corrected chi connectivity index (χ3v) is 5.25. The molecule has 4 rings (SSSR count). The molecule has 0 atom stereocenters. The lowest BCUT2D eigenvalue weighted by molar-refractivity contribution is -0.122. The van der Waals surface area contributed by atoms with Gasteiger partial charge in [-0.05, 0) is 31.0 Å². The van der Waals surface area contributed by atoms with E-state index in [1.165, 1.54) is 11.0 Å². The van der Waals surface area contributed by atoms with E-state index in [1.54, 1.807) is 30.1 Å². The van der Waals surface area contributed by atoms with Gasteiger partial charge in [-0.2, -0.15) is 5.10 Å². The molecule has 1 amide bonds. The predicted octanol–water partition coefficient (Wildman–Crippen LogP) is 2.62. The number of fused-ring (bicyclic) bond motifs is 1. The van der Waals surface area contributed by atoms with E-state index in [4.69, 9.17) is 4.74 Å². The van der Waals surface area contributed by atoms with E-state index in [-0.39, 0.29) is 24.1 Å². The Balaban J connectivity index is 1.56. The largest absolute Gasteiger partial charge is 0.497 e. The van der Waals surface area contributed by atoms with Crippen molar-refractivity contribution in [1.29, 1.82) is 0 Å². The zero-order valence-corrected chi connectivity index (χ0v) is 15.9. The molecule has 2 heterocycles. The van der Waals surface area contributed by atoms with Crippen LogP contribution in [0.4, 0.5) is 0 Å². The Morgan fingerprint density at radius 3 is 2.82 bits per heavy atom. The number of carbonyl (C=O) groups excluding carboxylic acids is 1. The van der Waals surface area contributed by atoms with E-state index in [1.807, 2.05) is 24.3 Å². The number of methoxy groups -OCH3 is 1. The number of ether oxygens (including phenoxy) is 1. The molecule has 1 fully saturated rings. The van der Waals surface area contributed by atoms with Gasteiger partial charge in [0, 0.05) is 24.0 Å². The van der Waals surface area contributed by atoms with Crippen LogP contribution in [0.3, 0.4) is 0 Å². The van der Waals surface area contributed by atoms with E-state index < -0.39 is 0 Å². The van der Waals surface area contributed by atoms with Crippen molar-refractivity contribution < 1.29 is 9.53 Å². The van der Waals surface area contributed by atoms with Crippen LogP contribution < -0.4 is 15.6 Å². The molecule has 1 aliphatic carbocycles. The number of aromatic nitrogens is 3. The Morgan fingerprint density at radius 2 is 2.04 bits per heavy atom. The maximum atomic E-state index is 12.8. The highest BCUT2D eigenvalue weighted by Gasteiger charge is 2.17. The Labute approximate surface area is 162 Å². The third-order valence-electron chi connectivity index (χ3n) is 5.25. The van der Waals surface area contributed by atoms with Crippen molar-refractivity contribution in [3.63, 3.8) is 0 Å². The molecular formula is C21H24N4O3. The Bertz CT molecular complexity index is 1050. The van der Waals surface area contributed by atoms with E-state index >= 15 is 0 Å². The zero-order chi connectivity index (χ0) is 19.5. The molecule has 0 spiro atoms. The average molecular weight is 380 g/mol. The molecule has 3 aromatic rings. The van der Waals surface area contributed by atoms with Crippen molar-refractivity contribution in [2.24, 2.45) is 0 Å². The van der Waals surface area contributed by atoms with Crippen LogP contribution in [0.25, 0.3) is 16.8 Å². The van der Waals surface area contributed by atoms with Gasteiger partial charge in [-0.3, -0.25) is 9.59 Å². The highest BCUT2D eigenvalue weighted by Crippen LogP contribution is 2.23. The van der Waals surface area contributed by atoms with Gasteiger partial charge in [-0.15, -0.1) is 0 Å². The van der Waals surface area contributed by atoms with Gasteiger partial charge < -0.3 is 14.6 Å². The highest BCUT2D eigenvalue weighted by molar-refractivity contribution is 5.76. The van der Waals surface area contributed by atoms with Gasteiger partial charge in [-0.1, -0.05) is 31.4 Å². The fourth-order valence-electron chi connectivity index (χ4n) is 3.75. The van der Waals surface area contributed by atoms with Crippen molar-refractivity contribution in [1.82, 2.24) is 19.5 Å². The summed E-state index contributed by atoms with van der Waals surface area (Å²) in [4.78, 5) is 25.2. The molecule has 2 aromatic heterocycles. The molecule has 7 heteroatoms. The number of amides is 1. The maximum absolute atomic E-state index is 12.8. The molecule has 7 nitrogen and oxygen atoms in total. The van der Waals surface area contributed by atoms with Crippen molar-refractivity contribution in [2.75, 3.05) is 7.11 Å². The van der Waals surface area contributed by atoms with Crippen LogP contribution in [-0.2, 0) is 11.3 Å².